The van der Waals surface area contributed by atoms with Crippen LogP contribution < -0.4 is 0 Å². The maximum atomic E-state index is 2.76. The van der Waals surface area contributed by atoms with Gasteiger partial charge in [0.25, 0.3) is 0 Å². The predicted octanol–water partition coefficient (Wildman–Crippen LogP) is 3.30. The molecule has 86 valence electrons. The normalized spacial score (nSPS) is 45.8. The summed E-state index contributed by atoms with van der Waals surface area (Å²) in [6, 6.07) is 0. The standard InChI is InChI=1S/C14H25N/c1-13(2,3)15-9-11-5-4-7-14(11)8-6-12(14)10-15/h11-12H,4-10H2,1-3H3. The van der Waals surface area contributed by atoms with Crippen molar-refractivity contribution in [1.82, 2.24) is 4.90 Å². The van der Waals surface area contributed by atoms with E-state index in [0.29, 0.717) is 5.54 Å². The van der Waals surface area contributed by atoms with E-state index in [1.54, 1.807) is 12.8 Å². The van der Waals surface area contributed by atoms with Gasteiger partial charge in [-0.3, -0.25) is 4.90 Å². The summed E-state index contributed by atoms with van der Waals surface area (Å²) in [4.78, 5) is 2.76. The summed E-state index contributed by atoms with van der Waals surface area (Å²) in [5.41, 5.74) is 1.23. The van der Waals surface area contributed by atoms with Gasteiger partial charge in [-0.2, -0.15) is 0 Å². The summed E-state index contributed by atoms with van der Waals surface area (Å²) in [6.45, 7) is 9.93. The fraction of sp³-hybridized carbons (Fsp3) is 1.00. The highest BCUT2D eigenvalue weighted by molar-refractivity contribution is 5.08. The van der Waals surface area contributed by atoms with E-state index in [-0.39, 0.29) is 0 Å². The maximum absolute atomic E-state index is 2.76. The van der Waals surface area contributed by atoms with Gasteiger partial charge in [-0.25, -0.2) is 0 Å². The third kappa shape index (κ3) is 1.32. The Kier molecular flexibility index (Phi) is 2.03. The Morgan fingerprint density at radius 3 is 2.20 bits per heavy atom. The first-order chi connectivity index (χ1) is 7.02. The van der Waals surface area contributed by atoms with Crippen LogP contribution in [0.2, 0.25) is 0 Å². The van der Waals surface area contributed by atoms with Crippen LogP contribution in [0.25, 0.3) is 0 Å². The average molecular weight is 207 g/mol. The van der Waals surface area contributed by atoms with Gasteiger partial charge >= 0.3 is 0 Å². The molecule has 3 rings (SSSR count). The van der Waals surface area contributed by atoms with Crippen LogP contribution in [0.5, 0.6) is 0 Å². The molecular formula is C14H25N. The zero-order chi connectivity index (χ0) is 10.7. The van der Waals surface area contributed by atoms with Crippen molar-refractivity contribution in [3.8, 4) is 0 Å². The minimum Gasteiger partial charge on any atom is -0.298 e. The molecule has 0 aromatic rings. The van der Waals surface area contributed by atoms with Gasteiger partial charge in [0, 0.05) is 18.6 Å². The zero-order valence-electron chi connectivity index (χ0n) is 10.6. The summed E-state index contributed by atoms with van der Waals surface area (Å²) in [7, 11) is 0. The van der Waals surface area contributed by atoms with Gasteiger partial charge in [-0.15, -0.1) is 0 Å². The van der Waals surface area contributed by atoms with Gasteiger partial charge in [0.15, 0.2) is 0 Å². The number of likely N-dealkylation sites (tertiary alicyclic amines) is 1. The minimum absolute atomic E-state index is 0.393. The van der Waals surface area contributed by atoms with Gasteiger partial charge in [0.1, 0.15) is 0 Å². The minimum atomic E-state index is 0.393. The molecule has 1 saturated heterocycles. The molecular weight excluding hydrogens is 182 g/mol. The Hall–Kier alpha value is -0.0400. The molecule has 2 saturated carbocycles. The molecule has 1 spiro atoms. The molecule has 1 nitrogen and oxygen atoms in total. The fourth-order valence-electron chi connectivity index (χ4n) is 4.46. The van der Waals surface area contributed by atoms with E-state index in [1.807, 2.05) is 0 Å². The van der Waals surface area contributed by atoms with Crippen LogP contribution in [0.3, 0.4) is 0 Å². The lowest BCUT2D eigenvalue weighted by Gasteiger charge is -2.59. The van der Waals surface area contributed by atoms with Crippen LogP contribution in [-0.4, -0.2) is 23.5 Å². The lowest BCUT2D eigenvalue weighted by Crippen LogP contribution is -2.60. The molecule has 1 heterocycles. The van der Waals surface area contributed by atoms with Gasteiger partial charge in [0.2, 0.25) is 0 Å². The van der Waals surface area contributed by atoms with E-state index < -0.39 is 0 Å². The van der Waals surface area contributed by atoms with Crippen molar-refractivity contribution in [1.29, 1.82) is 0 Å². The van der Waals surface area contributed by atoms with E-state index in [4.69, 9.17) is 0 Å². The summed E-state index contributed by atoms with van der Waals surface area (Å²) in [6.07, 6.45) is 7.66. The molecule has 1 heteroatoms. The second kappa shape index (κ2) is 3.00. The number of nitrogens with zero attached hydrogens (tertiary/aromatic N) is 1. The highest BCUT2D eigenvalue weighted by Crippen LogP contribution is 2.63. The van der Waals surface area contributed by atoms with Gasteiger partial charge in [-0.1, -0.05) is 6.42 Å². The molecule has 15 heavy (non-hydrogen) atoms. The van der Waals surface area contributed by atoms with Gasteiger partial charge < -0.3 is 0 Å². The van der Waals surface area contributed by atoms with Gasteiger partial charge in [-0.05, 0) is 63.7 Å². The van der Waals surface area contributed by atoms with Crippen molar-refractivity contribution in [2.75, 3.05) is 13.1 Å². The van der Waals surface area contributed by atoms with Crippen molar-refractivity contribution in [2.45, 2.75) is 58.4 Å². The highest BCUT2D eigenvalue weighted by atomic mass is 15.2. The summed E-state index contributed by atoms with van der Waals surface area (Å²) < 4.78 is 0. The molecule has 3 unspecified atom stereocenters. The zero-order valence-corrected chi connectivity index (χ0v) is 10.6. The van der Waals surface area contributed by atoms with Crippen molar-refractivity contribution >= 4 is 0 Å². The van der Waals surface area contributed by atoms with Crippen LogP contribution in [0.1, 0.15) is 52.9 Å². The van der Waals surface area contributed by atoms with E-state index >= 15 is 0 Å². The largest absolute Gasteiger partial charge is 0.298 e. The highest BCUT2D eigenvalue weighted by Gasteiger charge is 2.57. The third-order valence-electron chi connectivity index (χ3n) is 5.61. The molecule has 2 aliphatic carbocycles. The Labute approximate surface area is 94.2 Å². The molecule has 3 aliphatic rings. The molecule has 0 amide bonds. The number of piperidine rings is 1. The third-order valence-corrected chi connectivity index (χ3v) is 5.61. The SMILES string of the molecule is CC(C)(C)N1CC2CCCC23CCC3C1. The van der Waals surface area contributed by atoms with Gasteiger partial charge in [0.05, 0.1) is 0 Å². The monoisotopic (exact) mass is 207 g/mol. The second-order valence-electron chi connectivity index (χ2n) is 7.13. The van der Waals surface area contributed by atoms with Crippen molar-refractivity contribution in [2.24, 2.45) is 17.3 Å². The van der Waals surface area contributed by atoms with E-state index in [1.165, 1.54) is 32.4 Å². The van der Waals surface area contributed by atoms with Crippen LogP contribution in [-0.2, 0) is 0 Å². The molecule has 0 N–H and O–H groups in total. The Balaban J connectivity index is 1.81. The molecule has 0 bridgehead atoms. The van der Waals surface area contributed by atoms with Crippen LogP contribution in [0.4, 0.5) is 0 Å². The van der Waals surface area contributed by atoms with Crippen molar-refractivity contribution < 1.29 is 0 Å². The topological polar surface area (TPSA) is 3.24 Å². The van der Waals surface area contributed by atoms with E-state index in [2.05, 4.69) is 25.7 Å². The first kappa shape index (κ1) is 10.1. The first-order valence-electron chi connectivity index (χ1n) is 6.77. The molecule has 3 atom stereocenters. The smallest absolute Gasteiger partial charge is 0.0125 e. The molecule has 1 aliphatic heterocycles. The average Bonchev–Trinajstić information content (AvgIpc) is 2.53. The molecule has 0 aromatic carbocycles. The predicted molar refractivity (Wildman–Crippen MR) is 63.8 cm³/mol. The fourth-order valence-corrected chi connectivity index (χ4v) is 4.46. The summed E-state index contributed by atoms with van der Waals surface area (Å²) in [5, 5.41) is 0. The van der Waals surface area contributed by atoms with Crippen LogP contribution in [0.15, 0.2) is 0 Å². The lowest BCUT2D eigenvalue weighted by molar-refractivity contribution is -0.105. The van der Waals surface area contributed by atoms with Crippen molar-refractivity contribution in [3.63, 3.8) is 0 Å². The molecule has 3 fully saturated rings. The Morgan fingerprint density at radius 2 is 1.67 bits per heavy atom. The Bertz CT molecular complexity index is 265. The van der Waals surface area contributed by atoms with E-state index in [9.17, 15) is 0 Å². The summed E-state index contributed by atoms with van der Waals surface area (Å²) >= 11 is 0. The Morgan fingerprint density at radius 1 is 1.00 bits per heavy atom. The van der Waals surface area contributed by atoms with Crippen molar-refractivity contribution in [3.05, 3.63) is 0 Å². The quantitative estimate of drug-likeness (QED) is 0.589. The second-order valence-corrected chi connectivity index (χ2v) is 7.13. The number of hydrogen-bond donors (Lipinski definition) is 0. The lowest BCUT2D eigenvalue weighted by atomic mass is 9.53. The maximum Gasteiger partial charge on any atom is 0.0125 e. The summed E-state index contributed by atoms with van der Waals surface area (Å²) in [5.74, 6) is 2.10. The van der Waals surface area contributed by atoms with E-state index in [0.717, 1.165) is 17.3 Å². The molecule has 0 radical (unpaired) electrons. The molecule has 0 aromatic heterocycles. The van der Waals surface area contributed by atoms with Crippen LogP contribution >= 0.6 is 0 Å². The number of hydrogen-bond acceptors (Lipinski definition) is 1. The van der Waals surface area contributed by atoms with Crippen LogP contribution in [0, 0.1) is 17.3 Å². The first-order valence-corrected chi connectivity index (χ1v) is 6.77. The number of rotatable bonds is 0.